The summed E-state index contributed by atoms with van der Waals surface area (Å²) in [4.78, 5) is 11.6. The second-order valence-electron chi connectivity index (χ2n) is 3.85. The summed E-state index contributed by atoms with van der Waals surface area (Å²) in [5, 5.41) is 3.00. The van der Waals surface area contributed by atoms with Crippen LogP contribution in [0.3, 0.4) is 0 Å². The number of hydrogen-bond donors (Lipinski definition) is 1. The molecule has 0 bridgehead atoms. The summed E-state index contributed by atoms with van der Waals surface area (Å²) in [6.07, 6.45) is 1.59. The quantitative estimate of drug-likeness (QED) is 0.702. The van der Waals surface area contributed by atoms with Gasteiger partial charge in [-0.3, -0.25) is 4.79 Å². The molecule has 0 saturated heterocycles. The van der Waals surface area contributed by atoms with Crippen LogP contribution in [-0.4, -0.2) is 5.91 Å². The summed E-state index contributed by atoms with van der Waals surface area (Å²) < 4.78 is 13.1. The van der Waals surface area contributed by atoms with Crippen LogP contribution < -0.4 is 5.32 Å². The Bertz CT molecular complexity index is 454. The molecule has 1 heterocycles. The molecule has 1 aliphatic heterocycles. The highest BCUT2D eigenvalue weighted by Gasteiger charge is 2.56. The van der Waals surface area contributed by atoms with Crippen LogP contribution in [0.4, 0.5) is 10.1 Å². The Morgan fingerprint density at radius 1 is 1.43 bits per heavy atom. The van der Waals surface area contributed by atoms with E-state index < -0.39 is 5.41 Å². The number of rotatable bonds is 0. The van der Waals surface area contributed by atoms with Gasteiger partial charge in [0, 0.05) is 0 Å². The van der Waals surface area contributed by atoms with Gasteiger partial charge in [0.2, 0.25) is 5.91 Å². The van der Waals surface area contributed by atoms with Gasteiger partial charge in [-0.1, -0.05) is 11.6 Å². The second-order valence-corrected chi connectivity index (χ2v) is 4.25. The fourth-order valence-electron chi connectivity index (χ4n) is 2.05. The molecule has 72 valence electrons. The lowest BCUT2D eigenvalue weighted by molar-refractivity contribution is -0.117. The number of benzene rings is 1. The molecule has 2 aliphatic rings. The first kappa shape index (κ1) is 8.24. The van der Waals surface area contributed by atoms with Gasteiger partial charge in [-0.15, -0.1) is 0 Å². The maximum Gasteiger partial charge on any atom is 0.235 e. The third kappa shape index (κ3) is 0.831. The highest BCUT2D eigenvalue weighted by Crippen LogP contribution is 2.56. The number of amides is 1. The standard InChI is InChI=1S/C10H7ClFNO/c11-7-4-5(12)3-6-8(7)13-9(14)10(6)1-2-10/h3-4H,1-2H2,(H,13,14). The topological polar surface area (TPSA) is 29.1 Å². The van der Waals surface area contributed by atoms with Gasteiger partial charge in [-0.05, 0) is 30.5 Å². The lowest BCUT2D eigenvalue weighted by Gasteiger charge is -2.04. The van der Waals surface area contributed by atoms with Crippen LogP contribution in [0.1, 0.15) is 18.4 Å². The summed E-state index contributed by atoms with van der Waals surface area (Å²) in [5.41, 5.74) is 0.865. The van der Waals surface area contributed by atoms with Crippen molar-refractivity contribution < 1.29 is 9.18 Å². The molecule has 1 fully saturated rings. The summed E-state index contributed by atoms with van der Waals surface area (Å²) in [6.45, 7) is 0. The normalized spacial score (nSPS) is 20.9. The minimum atomic E-state index is -0.457. The van der Waals surface area contributed by atoms with Gasteiger partial charge in [0.25, 0.3) is 0 Å². The van der Waals surface area contributed by atoms with Crippen molar-refractivity contribution in [3.8, 4) is 0 Å². The molecular weight excluding hydrogens is 205 g/mol. The van der Waals surface area contributed by atoms with Gasteiger partial charge in [-0.25, -0.2) is 4.39 Å². The summed E-state index contributed by atoms with van der Waals surface area (Å²) in [6, 6.07) is 2.63. The molecule has 1 aromatic rings. The first-order chi connectivity index (χ1) is 6.63. The van der Waals surface area contributed by atoms with Gasteiger partial charge in [0.15, 0.2) is 0 Å². The minimum absolute atomic E-state index is 0.0417. The number of halogens is 2. The van der Waals surface area contributed by atoms with E-state index in [1.165, 1.54) is 12.1 Å². The Balaban J connectivity index is 2.28. The Labute approximate surface area is 85.1 Å². The highest BCUT2D eigenvalue weighted by molar-refractivity contribution is 6.35. The van der Waals surface area contributed by atoms with Gasteiger partial charge in [0.05, 0.1) is 16.1 Å². The second kappa shape index (κ2) is 2.28. The molecule has 14 heavy (non-hydrogen) atoms. The molecule has 3 rings (SSSR count). The predicted octanol–water partition coefficient (Wildman–Crippen LogP) is 2.46. The molecule has 1 saturated carbocycles. The van der Waals surface area contributed by atoms with E-state index in [2.05, 4.69) is 5.32 Å². The lowest BCUT2D eigenvalue weighted by atomic mass is 9.98. The van der Waals surface area contributed by atoms with E-state index in [1.54, 1.807) is 0 Å². The van der Waals surface area contributed by atoms with Gasteiger partial charge in [-0.2, -0.15) is 0 Å². The van der Waals surface area contributed by atoms with E-state index in [0.717, 1.165) is 18.4 Å². The van der Waals surface area contributed by atoms with Crippen molar-refractivity contribution in [2.45, 2.75) is 18.3 Å². The van der Waals surface area contributed by atoms with Crippen molar-refractivity contribution in [1.82, 2.24) is 0 Å². The van der Waals surface area contributed by atoms with Gasteiger partial charge >= 0.3 is 0 Å². The third-order valence-electron chi connectivity index (χ3n) is 2.99. The summed E-state index contributed by atoms with van der Waals surface area (Å²) in [7, 11) is 0. The van der Waals surface area contributed by atoms with Crippen molar-refractivity contribution in [1.29, 1.82) is 0 Å². The van der Waals surface area contributed by atoms with Crippen molar-refractivity contribution in [3.63, 3.8) is 0 Å². The zero-order valence-corrected chi connectivity index (χ0v) is 7.99. The molecule has 0 aromatic heterocycles. The molecule has 1 aliphatic carbocycles. The molecular formula is C10H7ClFNO. The number of hydrogen-bond acceptors (Lipinski definition) is 1. The Hall–Kier alpha value is -1.09. The first-order valence-electron chi connectivity index (χ1n) is 4.44. The van der Waals surface area contributed by atoms with E-state index >= 15 is 0 Å². The van der Waals surface area contributed by atoms with Crippen molar-refractivity contribution in [2.75, 3.05) is 5.32 Å². The van der Waals surface area contributed by atoms with Crippen LogP contribution in [0, 0.1) is 5.82 Å². The number of nitrogens with one attached hydrogen (secondary N) is 1. The SMILES string of the molecule is O=C1Nc2c(Cl)cc(F)cc2C12CC2. The molecule has 1 aromatic carbocycles. The Kier molecular flexibility index (Phi) is 1.34. The fraction of sp³-hybridized carbons (Fsp3) is 0.300. The predicted molar refractivity (Wildman–Crippen MR) is 51.0 cm³/mol. The largest absolute Gasteiger partial charge is 0.324 e. The van der Waals surface area contributed by atoms with Crippen molar-refractivity contribution in [3.05, 3.63) is 28.5 Å². The number of carbonyl (C=O) groups excluding carboxylic acids is 1. The molecule has 1 spiro atoms. The van der Waals surface area contributed by atoms with E-state index in [1.807, 2.05) is 0 Å². The van der Waals surface area contributed by atoms with Crippen LogP contribution in [0.2, 0.25) is 5.02 Å². The molecule has 4 heteroatoms. The maximum absolute atomic E-state index is 13.1. The Morgan fingerprint density at radius 2 is 2.14 bits per heavy atom. The van der Waals surface area contributed by atoms with Crippen molar-refractivity contribution >= 4 is 23.2 Å². The average Bonchev–Trinajstić information content (AvgIpc) is 2.84. The van der Waals surface area contributed by atoms with Crippen LogP contribution in [-0.2, 0) is 10.2 Å². The van der Waals surface area contributed by atoms with Gasteiger partial charge in [0.1, 0.15) is 5.82 Å². The smallest absolute Gasteiger partial charge is 0.235 e. The van der Waals surface area contributed by atoms with Crippen molar-refractivity contribution in [2.24, 2.45) is 0 Å². The molecule has 1 amide bonds. The lowest BCUT2D eigenvalue weighted by Crippen LogP contribution is -2.18. The molecule has 0 atom stereocenters. The number of carbonyl (C=O) groups is 1. The van der Waals surface area contributed by atoms with Crippen LogP contribution in [0.25, 0.3) is 0 Å². The van der Waals surface area contributed by atoms with E-state index in [9.17, 15) is 9.18 Å². The molecule has 0 radical (unpaired) electrons. The summed E-state index contributed by atoms with van der Waals surface area (Å²) in [5.74, 6) is -0.420. The third-order valence-corrected chi connectivity index (χ3v) is 3.29. The molecule has 0 unspecified atom stereocenters. The summed E-state index contributed by atoms with van der Waals surface area (Å²) >= 11 is 5.84. The zero-order valence-electron chi connectivity index (χ0n) is 7.23. The van der Waals surface area contributed by atoms with Crippen LogP contribution >= 0.6 is 11.6 Å². The monoisotopic (exact) mass is 211 g/mol. The van der Waals surface area contributed by atoms with Crippen LogP contribution in [0.5, 0.6) is 0 Å². The molecule has 1 N–H and O–H groups in total. The Morgan fingerprint density at radius 3 is 2.79 bits per heavy atom. The number of fused-ring (bicyclic) bond motifs is 2. The molecule has 2 nitrogen and oxygen atoms in total. The van der Waals surface area contributed by atoms with Gasteiger partial charge < -0.3 is 5.32 Å². The maximum atomic E-state index is 13.1. The van der Waals surface area contributed by atoms with E-state index in [0.29, 0.717) is 5.69 Å². The van der Waals surface area contributed by atoms with E-state index in [-0.39, 0.29) is 16.7 Å². The average molecular weight is 212 g/mol. The van der Waals surface area contributed by atoms with E-state index in [4.69, 9.17) is 11.6 Å². The fourth-order valence-corrected chi connectivity index (χ4v) is 2.31. The first-order valence-corrected chi connectivity index (χ1v) is 4.82. The highest BCUT2D eigenvalue weighted by atomic mass is 35.5. The number of anilines is 1. The minimum Gasteiger partial charge on any atom is -0.324 e. The zero-order chi connectivity index (χ0) is 9.92. The van der Waals surface area contributed by atoms with Crippen LogP contribution in [0.15, 0.2) is 12.1 Å².